The van der Waals surface area contributed by atoms with Gasteiger partial charge < -0.3 is 9.80 Å². The lowest BCUT2D eigenvalue weighted by Crippen LogP contribution is -2.42. The van der Waals surface area contributed by atoms with Crippen LogP contribution < -0.4 is 9.80 Å². The molecule has 0 saturated carbocycles. The zero-order chi connectivity index (χ0) is 28.2. The summed E-state index contributed by atoms with van der Waals surface area (Å²) in [5.74, 6) is 0.350. The number of nitrogens with zero attached hydrogens (tertiary/aromatic N) is 2. The van der Waals surface area contributed by atoms with Gasteiger partial charge in [0.1, 0.15) is 0 Å². The van der Waals surface area contributed by atoms with E-state index in [-0.39, 0.29) is 5.54 Å². The maximum absolute atomic E-state index is 2.48. The van der Waals surface area contributed by atoms with Crippen LogP contribution >= 0.6 is 0 Å². The van der Waals surface area contributed by atoms with Crippen LogP contribution in [-0.4, -0.2) is 5.54 Å². The summed E-state index contributed by atoms with van der Waals surface area (Å²) < 4.78 is 0. The molecule has 0 fully saturated rings. The van der Waals surface area contributed by atoms with Crippen LogP contribution in [0.15, 0.2) is 151 Å². The van der Waals surface area contributed by atoms with Crippen LogP contribution in [0.1, 0.15) is 42.4 Å². The number of aryl methyl sites for hydroxylation is 2. The zero-order valence-electron chi connectivity index (χ0n) is 24.2. The van der Waals surface area contributed by atoms with E-state index in [0.717, 1.165) is 12.8 Å². The quantitative estimate of drug-likeness (QED) is 0.233. The Kier molecular flexibility index (Phi) is 7.48. The highest BCUT2D eigenvalue weighted by Crippen LogP contribution is 2.40. The van der Waals surface area contributed by atoms with Crippen LogP contribution in [0, 0.1) is 13.8 Å². The fourth-order valence-electron chi connectivity index (χ4n) is 6.07. The molecule has 204 valence electrons. The van der Waals surface area contributed by atoms with Crippen LogP contribution in [0.2, 0.25) is 0 Å². The SMILES string of the molecule is Cc1cccc(N(C2=CCC(c3ccc(N(c4cccc(C)c4)C4(C)C=CC=CC4)cc3)C=C2)c2ccccc2)c1. The molecule has 2 atom stereocenters. The Morgan fingerprint density at radius 1 is 0.683 bits per heavy atom. The summed E-state index contributed by atoms with van der Waals surface area (Å²) in [6, 6.07) is 37.4. The van der Waals surface area contributed by atoms with Crippen LogP contribution in [0.3, 0.4) is 0 Å². The van der Waals surface area contributed by atoms with E-state index >= 15 is 0 Å². The van der Waals surface area contributed by atoms with Crippen molar-refractivity contribution in [2.75, 3.05) is 9.80 Å². The van der Waals surface area contributed by atoms with Gasteiger partial charge in [0.25, 0.3) is 0 Å². The Balaban J connectivity index is 1.26. The van der Waals surface area contributed by atoms with Crippen molar-refractivity contribution in [1.29, 1.82) is 0 Å². The summed E-state index contributed by atoms with van der Waals surface area (Å²) in [7, 11) is 0. The number of para-hydroxylation sites is 1. The average Bonchev–Trinajstić information content (AvgIpc) is 2.99. The van der Waals surface area contributed by atoms with E-state index in [0.29, 0.717) is 5.92 Å². The Morgan fingerprint density at radius 3 is 2.00 bits per heavy atom. The monoisotopic (exact) mass is 534 g/mol. The van der Waals surface area contributed by atoms with Crippen molar-refractivity contribution in [3.05, 3.63) is 168 Å². The molecule has 0 heterocycles. The first-order valence-corrected chi connectivity index (χ1v) is 14.6. The lowest BCUT2D eigenvalue weighted by molar-refractivity contribution is 0.570. The molecule has 0 spiro atoms. The molecule has 0 aliphatic heterocycles. The van der Waals surface area contributed by atoms with Gasteiger partial charge in [0.2, 0.25) is 0 Å². The third kappa shape index (κ3) is 5.69. The second-order valence-corrected chi connectivity index (χ2v) is 11.5. The first-order valence-electron chi connectivity index (χ1n) is 14.6. The summed E-state index contributed by atoms with van der Waals surface area (Å²) in [5, 5.41) is 0. The number of benzene rings is 4. The third-order valence-corrected chi connectivity index (χ3v) is 8.20. The second-order valence-electron chi connectivity index (χ2n) is 11.5. The maximum Gasteiger partial charge on any atom is 0.0642 e. The van der Waals surface area contributed by atoms with E-state index in [1.54, 1.807) is 0 Å². The van der Waals surface area contributed by atoms with Crippen molar-refractivity contribution >= 4 is 22.7 Å². The molecule has 0 saturated heterocycles. The van der Waals surface area contributed by atoms with Gasteiger partial charge in [0.15, 0.2) is 0 Å². The maximum atomic E-state index is 2.48. The molecule has 2 aliphatic rings. The zero-order valence-corrected chi connectivity index (χ0v) is 24.2. The molecule has 41 heavy (non-hydrogen) atoms. The molecule has 0 aromatic heterocycles. The second kappa shape index (κ2) is 11.5. The molecule has 0 amide bonds. The molecule has 2 unspecified atom stereocenters. The number of allylic oxidation sites excluding steroid dienone is 5. The average molecular weight is 535 g/mol. The van der Waals surface area contributed by atoms with Crippen molar-refractivity contribution in [3.8, 4) is 0 Å². The van der Waals surface area contributed by atoms with Crippen molar-refractivity contribution in [3.63, 3.8) is 0 Å². The van der Waals surface area contributed by atoms with E-state index in [1.807, 2.05) is 0 Å². The van der Waals surface area contributed by atoms with Gasteiger partial charge in [0, 0.05) is 34.4 Å². The van der Waals surface area contributed by atoms with Gasteiger partial charge in [0.05, 0.1) is 5.54 Å². The van der Waals surface area contributed by atoms with Gasteiger partial charge in [-0.3, -0.25) is 0 Å². The lowest BCUT2D eigenvalue weighted by Gasteiger charge is -2.42. The molecule has 2 nitrogen and oxygen atoms in total. The van der Waals surface area contributed by atoms with Crippen molar-refractivity contribution < 1.29 is 0 Å². The first kappa shape index (κ1) is 26.7. The molecular formula is C39H38N2. The Bertz CT molecular complexity index is 1620. The smallest absolute Gasteiger partial charge is 0.0642 e. The molecule has 6 rings (SSSR count). The highest BCUT2D eigenvalue weighted by molar-refractivity contribution is 5.71. The summed E-state index contributed by atoms with van der Waals surface area (Å²) in [4.78, 5) is 4.84. The van der Waals surface area contributed by atoms with E-state index in [2.05, 4.69) is 176 Å². The number of rotatable bonds is 7. The molecule has 2 aliphatic carbocycles. The van der Waals surface area contributed by atoms with Crippen LogP contribution in [0.4, 0.5) is 22.7 Å². The summed E-state index contributed by atoms with van der Waals surface area (Å²) in [5.41, 5.74) is 9.77. The van der Waals surface area contributed by atoms with E-state index in [1.165, 1.54) is 45.1 Å². The standard InChI is InChI=1S/C39H38N2/c1-30-12-10-16-37(28-30)40(34-14-6-4-7-15-34)35-22-18-32(19-23-35)33-20-24-36(25-21-33)41(38-17-11-13-31(2)29-38)39(3)26-8-5-9-27-39/h4-18,20-26,28-29,32H,19,27H2,1-3H3. The lowest BCUT2D eigenvalue weighted by atomic mass is 9.88. The minimum absolute atomic E-state index is 0.122. The van der Waals surface area contributed by atoms with Gasteiger partial charge in [-0.15, -0.1) is 0 Å². The van der Waals surface area contributed by atoms with Crippen LogP contribution in [-0.2, 0) is 0 Å². The molecule has 4 aromatic carbocycles. The largest absolute Gasteiger partial charge is 0.332 e. The van der Waals surface area contributed by atoms with Crippen molar-refractivity contribution in [1.82, 2.24) is 0 Å². The molecule has 2 heteroatoms. The molecular weight excluding hydrogens is 496 g/mol. The molecule has 4 aromatic rings. The van der Waals surface area contributed by atoms with Crippen molar-refractivity contribution in [2.45, 2.75) is 45.1 Å². The Hall–Kier alpha value is -4.56. The van der Waals surface area contributed by atoms with E-state index in [4.69, 9.17) is 0 Å². The molecule has 0 bridgehead atoms. The van der Waals surface area contributed by atoms with Gasteiger partial charge in [-0.2, -0.15) is 0 Å². The summed E-state index contributed by atoms with van der Waals surface area (Å²) >= 11 is 0. The van der Waals surface area contributed by atoms with Gasteiger partial charge in [-0.1, -0.05) is 91.1 Å². The minimum Gasteiger partial charge on any atom is -0.332 e. The van der Waals surface area contributed by atoms with Crippen LogP contribution in [0.5, 0.6) is 0 Å². The van der Waals surface area contributed by atoms with Crippen molar-refractivity contribution in [2.24, 2.45) is 0 Å². The minimum atomic E-state index is -0.122. The number of hydrogen-bond acceptors (Lipinski definition) is 2. The normalized spacial score (nSPS) is 19.6. The Labute approximate surface area is 245 Å². The predicted octanol–water partition coefficient (Wildman–Crippen LogP) is 10.5. The third-order valence-electron chi connectivity index (χ3n) is 8.20. The number of hydrogen-bond donors (Lipinski definition) is 0. The summed E-state index contributed by atoms with van der Waals surface area (Å²) in [6.45, 7) is 6.64. The highest BCUT2D eigenvalue weighted by Gasteiger charge is 2.31. The summed E-state index contributed by atoms with van der Waals surface area (Å²) in [6.07, 6.45) is 17.9. The fraction of sp³-hybridized carbons (Fsp3) is 0.179. The topological polar surface area (TPSA) is 6.48 Å². The fourth-order valence-corrected chi connectivity index (χ4v) is 6.07. The van der Waals surface area contributed by atoms with Gasteiger partial charge in [-0.25, -0.2) is 0 Å². The predicted molar refractivity (Wildman–Crippen MR) is 175 cm³/mol. The molecule has 0 N–H and O–H groups in total. The molecule has 0 radical (unpaired) electrons. The van der Waals surface area contributed by atoms with E-state index < -0.39 is 0 Å². The first-order chi connectivity index (χ1) is 20.0. The number of anilines is 4. The van der Waals surface area contributed by atoms with E-state index in [9.17, 15) is 0 Å². The van der Waals surface area contributed by atoms with Gasteiger partial charge in [-0.05, 0) is 105 Å². The van der Waals surface area contributed by atoms with Crippen LogP contribution in [0.25, 0.3) is 0 Å². The highest BCUT2D eigenvalue weighted by atomic mass is 15.2. The Morgan fingerprint density at radius 2 is 1.37 bits per heavy atom. The van der Waals surface area contributed by atoms with Gasteiger partial charge >= 0.3 is 0 Å².